The molecule has 0 unspecified atom stereocenters. The first-order chi connectivity index (χ1) is 9.17. The number of imidazole rings is 1. The second-order valence-corrected chi connectivity index (χ2v) is 6.24. The first-order valence-corrected chi connectivity index (χ1v) is 8.57. The molecule has 0 N–H and O–H groups in total. The zero-order valence-electron chi connectivity index (χ0n) is 11.8. The number of alkyl halides is 1. The van der Waals surface area contributed by atoms with E-state index in [0.29, 0.717) is 0 Å². The molecule has 0 spiro atoms. The Bertz CT molecular complexity index is 520. The SMILES string of the molecule is CCN(CCCN(C)C)c1nc2sccn2c1CBr. The Hall–Kier alpha value is -0.590. The predicted octanol–water partition coefficient (Wildman–Crippen LogP) is 3.07. The minimum atomic E-state index is 0.838. The van der Waals surface area contributed by atoms with E-state index in [1.165, 1.54) is 5.69 Å². The van der Waals surface area contributed by atoms with Crippen LogP contribution in [0.4, 0.5) is 5.82 Å². The van der Waals surface area contributed by atoms with E-state index in [1.807, 2.05) is 0 Å². The van der Waals surface area contributed by atoms with Gasteiger partial charge in [-0.3, -0.25) is 4.40 Å². The molecule has 0 amide bonds. The van der Waals surface area contributed by atoms with Gasteiger partial charge in [-0.2, -0.15) is 0 Å². The van der Waals surface area contributed by atoms with E-state index in [-0.39, 0.29) is 0 Å². The van der Waals surface area contributed by atoms with Gasteiger partial charge in [-0.05, 0) is 34.0 Å². The third-order valence-corrected chi connectivity index (χ3v) is 4.47. The van der Waals surface area contributed by atoms with Crippen LogP contribution in [0.3, 0.4) is 0 Å². The average molecular weight is 345 g/mol. The zero-order chi connectivity index (χ0) is 13.8. The van der Waals surface area contributed by atoms with Gasteiger partial charge < -0.3 is 9.80 Å². The van der Waals surface area contributed by atoms with E-state index in [9.17, 15) is 0 Å². The Morgan fingerprint density at radius 2 is 2.16 bits per heavy atom. The van der Waals surface area contributed by atoms with Crippen molar-refractivity contribution in [1.29, 1.82) is 0 Å². The van der Waals surface area contributed by atoms with E-state index in [4.69, 9.17) is 4.98 Å². The van der Waals surface area contributed by atoms with Crippen LogP contribution in [0.25, 0.3) is 4.96 Å². The molecule has 6 heteroatoms. The van der Waals surface area contributed by atoms with Crippen LogP contribution in [0.15, 0.2) is 11.6 Å². The molecular formula is C13H21BrN4S. The van der Waals surface area contributed by atoms with Crippen molar-refractivity contribution in [3.05, 3.63) is 17.3 Å². The second-order valence-electron chi connectivity index (χ2n) is 4.81. The Morgan fingerprint density at radius 1 is 1.37 bits per heavy atom. The number of nitrogens with zero attached hydrogens (tertiary/aromatic N) is 4. The van der Waals surface area contributed by atoms with Gasteiger partial charge in [0, 0.05) is 30.0 Å². The third-order valence-electron chi connectivity index (χ3n) is 3.18. The van der Waals surface area contributed by atoms with E-state index in [0.717, 1.165) is 42.2 Å². The van der Waals surface area contributed by atoms with Crippen molar-refractivity contribution in [3.8, 4) is 0 Å². The first-order valence-electron chi connectivity index (χ1n) is 6.57. The molecule has 19 heavy (non-hydrogen) atoms. The molecular weight excluding hydrogens is 324 g/mol. The molecule has 0 aliphatic heterocycles. The average Bonchev–Trinajstić information content (AvgIpc) is 2.94. The van der Waals surface area contributed by atoms with Gasteiger partial charge in [0.1, 0.15) is 0 Å². The molecule has 0 bridgehead atoms. The predicted molar refractivity (Wildman–Crippen MR) is 86.8 cm³/mol. The quantitative estimate of drug-likeness (QED) is 0.721. The van der Waals surface area contributed by atoms with E-state index >= 15 is 0 Å². The molecule has 2 heterocycles. The van der Waals surface area contributed by atoms with Gasteiger partial charge in [0.05, 0.1) is 5.69 Å². The maximum atomic E-state index is 4.78. The molecule has 0 radical (unpaired) electrons. The molecule has 0 fully saturated rings. The van der Waals surface area contributed by atoms with Gasteiger partial charge in [-0.1, -0.05) is 15.9 Å². The van der Waals surface area contributed by atoms with Crippen molar-refractivity contribution >= 4 is 38.0 Å². The monoisotopic (exact) mass is 344 g/mol. The molecule has 0 aromatic carbocycles. The van der Waals surface area contributed by atoms with Crippen LogP contribution in [0.5, 0.6) is 0 Å². The summed E-state index contributed by atoms with van der Waals surface area (Å²) in [7, 11) is 4.24. The highest BCUT2D eigenvalue weighted by molar-refractivity contribution is 9.08. The third kappa shape index (κ3) is 3.30. The second kappa shape index (κ2) is 6.72. The van der Waals surface area contributed by atoms with Crippen LogP contribution in [0.1, 0.15) is 19.0 Å². The van der Waals surface area contributed by atoms with Crippen molar-refractivity contribution in [2.45, 2.75) is 18.7 Å². The van der Waals surface area contributed by atoms with Crippen LogP contribution >= 0.6 is 27.3 Å². The molecule has 0 atom stereocenters. The largest absolute Gasteiger partial charge is 0.355 e. The molecule has 2 aromatic heterocycles. The maximum Gasteiger partial charge on any atom is 0.195 e. The standard InChI is InChI=1S/C13H21BrN4S/c1-4-17(7-5-6-16(2)3)12-11(10-14)18-8-9-19-13(18)15-12/h8-9H,4-7,10H2,1-3H3. The fraction of sp³-hybridized carbons (Fsp3) is 0.615. The molecule has 2 aromatic rings. The van der Waals surface area contributed by atoms with Gasteiger partial charge in [0.2, 0.25) is 0 Å². The number of rotatable bonds is 7. The van der Waals surface area contributed by atoms with Gasteiger partial charge >= 0.3 is 0 Å². The summed E-state index contributed by atoms with van der Waals surface area (Å²) in [5, 5.41) is 2.92. The summed E-state index contributed by atoms with van der Waals surface area (Å²) in [5.41, 5.74) is 1.25. The van der Waals surface area contributed by atoms with Crippen LogP contribution < -0.4 is 4.90 Å². The Kier molecular flexibility index (Phi) is 5.24. The lowest BCUT2D eigenvalue weighted by Crippen LogP contribution is -2.28. The fourth-order valence-electron chi connectivity index (χ4n) is 2.19. The molecule has 0 aliphatic rings. The topological polar surface area (TPSA) is 23.8 Å². The lowest BCUT2D eigenvalue weighted by atomic mass is 10.3. The summed E-state index contributed by atoms with van der Waals surface area (Å²) in [6.45, 7) is 5.36. The van der Waals surface area contributed by atoms with Gasteiger partial charge in [0.15, 0.2) is 10.8 Å². The van der Waals surface area contributed by atoms with Crippen molar-refractivity contribution in [1.82, 2.24) is 14.3 Å². The number of anilines is 1. The minimum Gasteiger partial charge on any atom is -0.355 e. The first kappa shape index (κ1) is 14.8. The van der Waals surface area contributed by atoms with Crippen molar-refractivity contribution in [2.75, 3.05) is 38.6 Å². The van der Waals surface area contributed by atoms with Crippen molar-refractivity contribution in [2.24, 2.45) is 0 Å². The number of fused-ring (bicyclic) bond motifs is 1. The van der Waals surface area contributed by atoms with Crippen molar-refractivity contribution in [3.63, 3.8) is 0 Å². The van der Waals surface area contributed by atoms with Crippen molar-refractivity contribution < 1.29 is 0 Å². The number of halogens is 1. The zero-order valence-corrected chi connectivity index (χ0v) is 14.2. The van der Waals surface area contributed by atoms with Crippen LogP contribution in [0.2, 0.25) is 0 Å². The number of hydrogen-bond donors (Lipinski definition) is 0. The smallest absolute Gasteiger partial charge is 0.195 e. The molecule has 0 aliphatic carbocycles. The summed E-state index contributed by atoms with van der Waals surface area (Å²) in [6, 6.07) is 0. The minimum absolute atomic E-state index is 0.838. The highest BCUT2D eigenvalue weighted by Crippen LogP contribution is 2.26. The summed E-state index contributed by atoms with van der Waals surface area (Å²) < 4.78 is 2.18. The maximum absolute atomic E-state index is 4.78. The lowest BCUT2D eigenvalue weighted by Gasteiger charge is -2.22. The lowest BCUT2D eigenvalue weighted by molar-refractivity contribution is 0.400. The Balaban J connectivity index is 2.17. The number of aromatic nitrogens is 2. The normalized spacial score (nSPS) is 11.6. The highest BCUT2D eigenvalue weighted by atomic mass is 79.9. The Labute approximate surface area is 127 Å². The molecule has 106 valence electrons. The summed E-state index contributed by atoms with van der Waals surface area (Å²) in [6.07, 6.45) is 3.26. The van der Waals surface area contributed by atoms with Gasteiger partial charge in [-0.25, -0.2) is 4.98 Å². The van der Waals surface area contributed by atoms with E-state index in [2.05, 4.69) is 62.7 Å². The Morgan fingerprint density at radius 3 is 2.79 bits per heavy atom. The highest BCUT2D eigenvalue weighted by Gasteiger charge is 2.16. The summed E-state index contributed by atoms with van der Waals surface area (Å²) in [4.78, 5) is 10.5. The fourth-order valence-corrected chi connectivity index (χ4v) is 3.44. The summed E-state index contributed by atoms with van der Waals surface area (Å²) >= 11 is 5.28. The summed E-state index contributed by atoms with van der Waals surface area (Å²) in [5.74, 6) is 1.13. The number of hydrogen-bond acceptors (Lipinski definition) is 4. The van der Waals surface area contributed by atoms with Gasteiger partial charge in [0.25, 0.3) is 0 Å². The molecule has 0 saturated carbocycles. The molecule has 0 saturated heterocycles. The molecule has 2 rings (SSSR count). The van der Waals surface area contributed by atoms with Crippen LogP contribution in [-0.4, -0.2) is 48.0 Å². The van der Waals surface area contributed by atoms with Gasteiger partial charge in [-0.15, -0.1) is 11.3 Å². The van der Waals surface area contributed by atoms with Crippen LogP contribution in [0, 0.1) is 0 Å². The van der Waals surface area contributed by atoms with E-state index < -0.39 is 0 Å². The van der Waals surface area contributed by atoms with Crippen LogP contribution in [-0.2, 0) is 5.33 Å². The molecule has 4 nitrogen and oxygen atoms in total. The number of thiazole rings is 1. The van der Waals surface area contributed by atoms with E-state index in [1.54, 1.807) is 11.3 Å².